The number of esters is 1. The maximum absolute atomic E-state index is 12.9. The summed E-state index contributed by atoms with van der Waals surface area (Å²) in [6.45, 7) is 4.77. The Kier molecular flexibility index (Phi) is 8.28. The number of hydrogen-bond acceptors (Lipinski definition) is 6. The second-order valence-electron chi connectivity index (χ2n) is 6.43. The van der Waals surface area contributed by atoms with Gasteiger partial charge in [-0.05, 0) is 44.0 Å². The van der Waals surface area contributed by atoms with Gasteiger partial charge in [-0.15, -0.1) is 0 Å². The zero-order valence-corrected chi connectivity index (χ0v) is 16.9. The van der Waals surface area contributed by atoms with Crippen LogP contribution in [0.2, 0.25) is 0 Å². The molecule has 1 N–H and O–H groups in total. The minimum absolute atomic E-state index is 0.0343. The molecule has 1 amide bonds. The first-order chi connectivity index (χ1) is 14.3. The first kappa shape index (κ1) is 22.8. The van der Waals surface area contributed by atoms with Crippen molar-refractivity contribution in [2.24, 2.45) is 0 Å². The van der Waals surface area contributed by atoms with Gasteiger partial charge in [0.25, 0.3) is 11.6 Å². The highest BCUT2D eigenvalue weighted by Crippen LogP contribution is 2.26. The van der Waals surface area contributed by atoms with Crippen LogP contribution in [0.4, 0.5) is 15.8 Å². The van der Waals surface area contributed by atoms with Crippen LogP contribution in [0.15, 0.2) is 42.5 Å². The normalized spacial score (nSPS) is 10.4. The van der Waals surface area contributed by atoms with Crippen molar-refractivity contribution in [3.8, 4) is 0 Å². The van der Waals surface area contributed by atoms with E-state index in [0.29, 0.717) is 31.7 Å². The Morgan fingerprint density at radius 3 is 2.40 bits per heavy atom. The number of amides is 1. The summed E-state index contributed by atoms with van der Waals surface area (Å²) in [6.07, 6.45) is 0.497. The van der Waals surface area contributed by atoms with Gasteiger partial charge in [-0.25, -0.2) is 9.18 Å². The summed E-state index contributed by atoms with van der Waals surface area (Å²) in [5, 5.41) is 13.7. The molecule has 0 saturated heterocycles. The summed E-state index contributed by atoms with van der Waals surface area (Å²) in [5.74, 6) is -1.64. The molecular formula is C21H24FN3O5. The summed E-state index contributed by atoms with van der Waals surface area (Å²) in [6, 6.07) is 9.91. The first-order valence-corrected chi connectivity index (χ1v) is 9.57. The van der Waals surface area contributed by atoms with Gasteiger partial charge in [-0.3, -0.25) is 14.9 Å². The number of rotatable bonds is 10. The maximum Gasteiger partial charge on any atom is 0.341 e. The molecule has 0 spiro atoms. The van der Waals surface area contributed by atoms with Gasteiger partial charge >= 0.3 is 5.97 Å². The number of carbonyl (C=O) groups is 2. The van der Waals surface area contributed by atoms with Crippen LogP contribution in [0, 0.1) is 15.9 Å². The second kappa shape index (κ2) is 10.9. The molecule has 0 bridgehead atoms. The highest BCUT2D eigenvalue weighted by Gasteiger charge is 2.21. The molecule has 0 radical (unpaired) electrons. The Labute approximate surface area is 173 Å². The van der Waals surface area contributed by atoms with Crippen LogP contribution in [0.5, 0.6) is 0 Å². The molecule has 0 fully saturated rings. The number of hydrogen-bond donors (Lipinski definition) is 1. The van der Waals surface area contributed by atoms with Crippen LogP contribution in [0.3, 0.4) is 0 Å². The molecular weight excluding hydrogens is 393 g/mol. The molecule has 0 saturated carbocycles. The van der Waals surface area contributed by atoms with E-state index in [1.807, 2.05) is 18.7 Å². The lowest BCUT2D eigenvalue weighted by molar-refractivity contribution is -0.384. The Morgan fingerprint density at radius 2 is 1.80 bits per heavy atom. The SMILES string of the molecule is CCN(CC)c1ccc([N+](=O)[O-])cc1C(=O)OCC(=O)NCCc1ccc(F)cc1. The fraction of sp³-hybridized carbons (Fsp3) is 0.333. The molecule has 0 aliphatic heterocycles. The molecule has 0 atom stereocenters. The van der Waals surface area contributed by atoms with Gasteiger partial charge in [0.1, 0.15) is 5.82 Å². The van der Waals surface area contributed by atoms with Gasteiger partial charge in [0.2, 0.25) is 0 Å². The summed E-state index contributed by atoms with van der Waals surface area (Å²) >= 11 is 0. The van der Waals surface area contributed by atoms with Crippen LogP contribution in [0.25, 0.3) is 0 Å². The lowest BCUT2D eigenvalue weighted by Gasteiger charge is -2.23. The van der Waals surface area contributed by atoms with E-state index in [1.54, 1.807) is 12.1 Å². The zero-order chi connectivity index (χ0) is 22.1. The number of nitrogens with zero attached hydrogens (tertiary/aromatic N) is 2. The fourth-order valence-electron chi connectivity index (χ4n) is 2.90. The van der Waals surface area contributed by atoms with E-state index in [1.165, 1.54) is 24.3 Å². The molecule has 0 heterocycles. The second-order valence-corrected chi connectivity index (χ2v) is 6.43. The van der Waals surface area contributed by atoms with Gasteiger partial charge in [0, 0.05) is 31.8 Å². The van der Waals surface area contributed by atoms with E-state index in [9.17, 15) is 24.1 Å². The minimum Gasteiger partial charge on any atom is -0.452 e. The zero-order valence-electron chi connectivity index (χ0n) is 16.9. The maximum atomic E-state index is 12.9. The number of halogens is 1. The summed E-state index contributed by atoms with van der Waals surface area (Å²) in [4.78, 5) is 36.8. The number of ether oxygens (including phenoxy) is 1. The average molecular weight is 417 g/mol. The molecule has 2 aromatic carbocycles. The lowest BCUT2D eigenvalue weighted by Crippen LogP contribution is -2.31. The van der Waals surface area contributed by atoms with Crippen LogP contribution >= 0.6 is 0 Å². The van der Waals surface area contributed by atoms with Crippen molar-refractivity contribution in [3.05, 3.63) is 69.5 Å². The molecule has 0 aliphatic rings. The van der Waals surface area contributed by atoms with Gasteiger partial charge in [-0.1, -0.05) is 12.1 Å². The highest BCUT2D eigenvalue weighted by molar-refractivity contribution is 5.97. The topological polar surface area (TPSA) is 102 Å². The van der Waals surface area contributed by atoms with Gasteiger partial charge in [0.05, 0.1) is 16.2 Å². The Bertz CT molecular complexity index is 898. The predicted molar refractivity (Wildman–Crippen MR) is 110 cm³/mol. The largest absolute Gasteiger partial charge is 0.452 e. The van der Waals surface area contributed by atoms with E-state index in [-0.39, 0.29) is 17.1 Å². The van der Waals surface area contributed by atoms with Crippen LogP contribution in [0.1, 0.15) is 29.8 Å². The van der Waals surface area contributed by atoms with Gasteiger partial charge in [-0.2, -0.15) is 0 Å². The third-order valence-electron chi connectivity index (χ3n) is 4.50. The Hall–Kier alpha value is -3.49. The van der Waals surface area contributed by atoms with Gasteiger partial charge in [0.15, 0.2) is 6.61 Å². The molecule has 0 unspecified atom stereocenters. The fourth-order valence-corrected chi connectivity index (χ4v) is 2.90. The number of nitrogens with one attached hydrogen (secondary N) is 1. The molecule has 160 valence electrons. The number of anilines is 1. The summed E-state index contributed by atoms with van der Waals surface area (Å²) in [7, 11) is 0. The molecule has 8 nitrogen and oxygen atoms in total. The van der Waals surface area contributed by atoms with Crippen molar-refractivity contribution in [2.75, 3.05) is 31.1 Å². The Morgan fingerprint density at radius 1 is 1.13 bits per heavy atom. The number of carbonyl (C=O) groups excluding carboxylic acids is 2. The number of nitro groups is 1. The smallest absolute Gasteiger partial charge is 0.341 e. The van der Waals surface area contributed by atoms with Crippen molar-refractivity contribution in [1.82, 2.24) is 5.32 Å². The molecule has 2 aromatic rings. The molecule has 0 aliphatic carbocycles. The van der Waals surface area contributed by atoms with Crippen molar-refractivity contribution in [3.63, 3.8) is 0 Å². The average Bonchev–Trinajstić information content (AvgIpc) is 2.74. The third kappa shape index (κ3) is 6.26. The lowest BCUT2D eigenvalue weighted by atomic mass is 10.1. The van der Waals surface area contributed by atoms with E-state index < -0.39 is 23.4 Å². The van der Waals surface area contributed by atoms with E-state index in [4.69, 9.17) is 4.74 Å². The quantitative estimate of drug-likeness (QED) is 0.362. The Balaban J connectivity index is 1.97. The number of non-ortho nitro benzene ring substituents is 1. The van der Waals surface area contributed by atoms with Crippen LogP contribution in [-0.2, 0) is 16.0 Å². The molecule has 2 rings (SSSR count). The number of benzene rings is 2. The van der Waals surface area contributed by atoms with Gasteiger partial charge < -0.3 is 15.0 Å². The molecule has 9 heteroatoms. The third-order valence-corrected chi connectivity index (χ3v) is 4.50. The van der Waals surface area contributed by atoms with Crippen molar-refractivity contribution >= 4 is 23.3 Å². The van der Waals surface area contributed by atoms with Crippen LogP contribution < -0.4 is 10.2 Å². The predicted octanol–water partition coefficient (Wildman–Crippen LogP) is 3.10. The standard InChI is InChI=1S/C21H24FN3O5/c1-3-24(4-2)19-10-9-17(25(28)29)13-18(19)21(27)30-14-20(26)23-12-11-15-5-7-16(22)8-6-15/h5-10,13H,3-4,11-12,14H2,1-2H3,(H,23,26). The number of nitro benzene ring substituents is 1. The monoisotopic (exact) mass is 417 g/mol. The van der Waals surface area contributed by atoms with E-state index >= 15 is 0 Å². The van der Waals surface area contributed by atoms with Crippen LogP contribution in [-0.4, -0.2) is 43.0 Å². The molecule has 30 heavy (non-hydrogen) atoms. The summed E-state index contributed by atoms with van der Waals surface area (Å²) in [5.41, 5.74) is 1.16. The van der Waals surface area contributed by atoms with E-state index in [2.05, 4.69) is 5.32 Å². The van der Waals surface area contributed by atoms with Crippen molar-refractivity contribution < 1.29 is 23.6 Å². The highest BCUT2D eigenvalue weighted by atomic mass is 19.1. The van der Waals surface area contributed by atoms with Crippen molar-refractivity contribution in [2.45, 2.75) is 20.3 Å². The minimum atomic E-state index is -0.811. The first-order valence-electron chi connectivity index (χ1n) is 9.57. The van der Waals surface area contributed by atoms with Crippen molar-refractivity contribution in [1.29, 1.82) is 0 Å². The summed E-state index contributed by atoms with van der Waals surface area (Å²) < 4.78 is 18.0. The van der Waals surface area contributed by atoms with E-state index in [0.717, 1.165) is 11.6 Å². The molecule has 0 aromatic heterocycles.